The molecule has 0 radical (unpaired) electrons. The van der Waals surface area contributed by atoms with Crippen molar-refractivity contribution in [2.75, 3.05) is 6.54 Å². The first-order valence-electron chi connectivity index (χ1n) is 12.4. The van der Waals surface area contributed by atoms with Gasteiger partial charge in [0.15, 0.2) is 0 Å². The smallest absolute Gasteiger partial charge is 0.252 e. The molecule has 0 bridgehead atoms. The van der Waals surface area contributed by atoms with Crippen LogP contribution in [0, 0.1) is 24.7 Å². The molecule has 0 spiro atoms. The average Bonchev–Trinajstić information content (AvgIpc) is 3.53. The fourth-order valence-corrected chi connectivity index (χ4v) is 4.82. The van der Waals surface area contributed by atoms with E-state index in [1.807, 2.05) is 6.07 Å². The minimum absolute atomic E-state index is 0.0264. The molecule has 1 aliphatic heterocycles. The lowest BCUT2D eigenvalue weighted by atomic mass is 9.93. The van der Waals surface area contributed by atoms with E-state index in [-0.39, 0.29) is 11.9 Å². The molecular formula is C29H37N3O. The van der Waals surface area contributed by atoms with Crippen LogP contribution < -0.4 is 10.6 Å². The number of nitrogens with zero attached hydrogens (tertiary/aromatic N) is 1. The molecule has 1 unspecified atom stereocenters. The summed E-state index contributed by atoms with van der Waals surface area (Å²) in [6.07, 6.45) is 8.89. The molecular weight excluding hydrogens is 406 g/mol. The molecule has 2 aromatic rings. The van der Waals surface area contributed by atoms with Crippen molar-refractivity contribution < 1.29 is 4.79 Å². The van der Waals surface area contributed by atoms with E-state index < -0.39 is 0 Å². The van der Waals surface area contributed by atoms with Gasteiger partial charge >= 0.3 is 0 Å². The van der Waals surface area contributed by atoms with Gasteiger partial charge in [-0.3, -0.25) is 4.79 Å². The Hall–Kier alpha value is -2.93. The molecule has 4 rings (SSSR count). The number of carbonyl (C=O) groups excluding carboxylic acids is 1. The Bertz CT molecular complexity index is 1190. The van der Waals surface area contributed by atoms with Crippen LogP contribution >= 0.6 is 0 Å². The topological polar surface area (TPSA) is 46.1 Å². The van der Waals surface area contributed by atoms with Gasteiger partial charge in [0.1, 0.15) is 0 Å². The first-order valence-corrected chi connectivity index (χ1v) is 12.4. The zero-order valence-corrected chi connectivity index (χ0v) is 20.9. The minimum atomic E-state index is -0.0264. The van der Waals surface area contributed by atoms with Gasteiger partial charge in [-0.15, -0.1) is 0 Å². The third kappa shape index (κ3) is 5.03. The summed E-state index contributed by atoms with van der Waals surface area (Å²) in [6, 6.07) is 4.67. The van der Waals surface area contributed by atoms with Crippen molar-refractivity contribution in [3.05, 3.63) is 57.9 Å². The minimum Gasteiger partial charge on any atom is -0.382 e. The molecule has 4 heteroatoms. The number of hydrogen-bond acceptors (Lipinski definition) is 2. The molecule has 1 atom stereocenters. The van der Waals surface area contributed by atoms with Gasteiger partial charge in [-0.25, -0.2) is 0 Å². The highest BCUT2D eigenvalue weighted by atomic mass is 16.1. The van der Waals surface area contributed by atoms with E-state index >= 15 is 0 Å². The van der Waals surface area contributed by atoms with E-state index in [4.69, 9.17) is 0 Å². The lowest BCUT2D eigenvalue weighted by Gasteiger charge is -2.27. The Balaban J connectivity index is 1.70. The van der Waals surface area contributed by atoms with Crippen LogP contribution in [0.15, 0.2) is 41.2 Å². The number of aromatic nitrogens is 1. The Morgan fingerprint density at radius 2 is 2.03 bits per heavy atom. The van der Waals surface area contributed by atoms with Crippen LogP contribution in [-0.2, 0) is 0 Å². The summed E-state index contributed by atoms with van der Waals surface area (Å²) >= 11 is 0. The SMILES string of the molecule is CCCC1=C(CNC(=O)c2cc(C#CC3CC3)cc3c2c(C)cn3C(C)C)C(C)NC(C)=C1. The number of rotatable bonds is 6. The van der Waals surface area contributed by atoms with Crippen LogP contribution in [0.25, 0.3) is 10.9 Å². The van der Waals surface area contributed by atoms with E-state index in [0.29, 0.717) is 18.5 Å². The maximum Gasteiger partial charge on any atom is 0.252 e. The number of hydrogen-bond donors (Lipinski definition) is 2. The summed E-state index contributed by atoms with van der Waals surface area (Å²) in [5.74, 6) is 7.20. The predicted molar refractivity (Wildman–Crippen MR) is 137 cm³/mol. The molecule has 1 aromatic heterocycles. The Labute approximate surface area is 198 Å². The Morgan fingerprint density at radius 3 is 2.70 bits per heavy atom. The lowest BCUT2D eigenvalue weighted by molar-refractivity contribution is 0.0958. The molecule has 1 aliphatic carbocycles. The number of aryl methyl sites for hydroxylation is 1. The quantitative estimate of drug-likeness (QED) is 0.537. The van der Waals surface area contributed by atoms with Gasteiger partial charge in [-0.1, -0.05) is 25.2 Å². The molecule has 2 aliphatic rings. The van der Waals surface area contributed by atoms with Gasteiger partial charge in [0, 0.05) is 47.4 Å². The Morgan fingerprint density at radius 1 is 1.27 bits per heavy atom. The van der Waals surface area contributed by atoms with Crippen molar-refractivity contribution in [1.29, 1.82) is 0 Å². The zero-order valence-electron chi connectivity index (χ0n) is 20.9. The second kappa shape index (κ2) is 9.51. The van der Waals surface area contributed by atoms with Crippen molar-refractivity contribution >= 4 is 16.8 Å². The standard InChI is InChI=1S/C29H37N3O/c1-7-8-24-13-20(5)31-21(6)26(24)16-30-29(33)25-14-23(12-11-22-9-10-22)15-27-28(25)19(4)17-32(27)18(2)3/h13-15,17-18,21-22,31H,7-10,16H2,1-6H3,(H,30,33). The third-order valence-electron chi connectivity index (χ3n) is 6.65. The normalized spacial score (nSPS) is 18.2. The maximum atomic E-state index is 13.5. The first kappa shape index (κ1) is 23.2. The van der Waals surface area contributed by atoms with E-state index in [9.17, 15) is 4.79 Å². The van der Waals surface area contributed by atoms with Gasteiger partial charge in [0.05, 0.1) is 11.1 Å². The van der Waals surface area contributed by atoms with Crippen molar-refractivity contribution in [3.63, 3.8) is 0 Å². The van der Waals surface area contributed by atoms with Crippen molar-refractivity contribution in [3.8, 4) is 11.8 Å². The molecule has 1 fully saturated rings. The van der Waals surface area contributed by atoms with Crippen LogP contribution in [0.2, 0.25) is 0 Å². The highest BCUT2D eigenvalue weighted by molar-refractivity contribution is 6.08. The third-order valence-corrected chi connectivity index (χ3v) is 6.65. The summed E-state index contributed by atoms with van der Waals surface area (Å²) < 4.78 is 2.26. The fraction of sp³-hybridized carbons (Fsp3) is 0.483. The molecule has 2 N–H and O–H groups in total. The van der Waals surface area contributed by atoms with Crippen molar-refractivity contribution in [2.45, 2.75) is 79.3 Å². The molecule has 1 saturated carbocycles. The molecule has 174 valence electrons. The summed E-state index contributed by atoms with van der Waals surface area (Å²) in [4.78, 5) is 13.5. The number of nitrogens with one attached hydrogen (secondary N) is 2. The number of dihydropyridines is 1. The summed E-state index contributed by atoms with van der Waals surface area (Å²) in [5, 5.41) is 7.78. The van der Waals surface area contributed by atoms with Crippen molar-refractivity contribution in [1.82, 2.24) is 15.2 Å². The molecule has 4 nitrogen and oxygen atoms in total. The first-order chi connectivity index (χ1) is 15.8. The summed E-state index contributed by atoms with van der Waals surface area (Å²) in [6.45, 7) is 13.5. The molecule has 1 aromatic carbocycles. The summed E-state index contributed by atoms with van der Waals surface area (Å²) in [5.41, 5.74) is 7.68. The average molecular weight is 444 g/mol. The van der Waals surface area contributed by atoms with E-state index in [0.717, 1.165) is 40.4 Å². The monoisotopic (exact) mass is 443 g/mol. The predicted octanol–water partition coefficient (Wildman–Crippen LogP) is 6.01. The zero-order chi connectivity index (χ0) is 23.7. The van der Waals surface area contributed by atoms with Gasteiger partial charge in [0.2, 0.25) is 0 Å². The van der Waals surface area contributed by atoms with E-state index in [1.54, 1.807) is 0 Å². The number of allylic oxidation sites excluding steroid dienone is 3. The number of fused-ring (bicyclic) bond motifs is 1. The highest BCUT2D eigenvalue weighted by Gasteiger charge is 2.22. The second-order valence-corrected chi connectivity index (χ2v) is 9.95. The van der Waals surface area contributed by atoms with Crippen LogP contribution in [0.5, 0.6) is 0 Å². The van der Waals surface area contributed by atoms with Gasteiger partial charge in [0.25, 0.3) is 5.91 Å². The maximum absolute atomic E-state index is 13.5. The molecule has 33 heavy (non-hydrogen) atoms. The molecule has 0 saturated heterocycles. The number of carbonyl (C=O) groups is 1. The molecule has 1 amide bonds. The van der Waals surface area contributed by atoms with Crippen LogP contribution in [0.4, 0.5) is 0 Å². The van der Waals surface area contributed by atoms with E-state index in [1.165, 1.54) is 29.7 Å². The number of amides is 1. The van der Waals surface area contributed by atoms with Gasteiger partial charge < -0.3 is 15.2 Å². The molecule has 2 heterocycles. The van der Waals surface area contributed by atoms with Crippen LogP contribution in [0.1, 0.15) is 87.8 Å². The van der Waals surface area contributed by atoms with Crippen molar-refractivity contribution in [2.24, 2.45) is 5.92 Å². The van der Waals surface area contributed by atoms with Gasteiger partial charge in [-0.05, 0) is 88.8 Å². The lowest BCUT2D eigenvalue weighted by Crippen LogP contribution is -2.37. The van der Waals surface area contributed by atoms with Crippen LogP contribution in [-0.4, -0.2) is 23.1 Å². The largest absolute Gasteiger partial charge is 0.382 e. The fourth-order valence-electron chi connectivity index (χ4n) is 4.82. The second-order valence-electron chi connectivity index (χ2n) is 9.95. The highest BCUT2D eigenvalue weighted by Crippen LogP contribution is 2.31. The number of benzene rings is 1. The summed E-state index contributed by atoms with van der Waals surface area (Å²) in [7, 11) is 0. The van der Waals surface area contributed by atoms with Gasteiger partial charge in [-0.2, -0.15) is 0 Å². The van der Waals surface area contributed by atoms with Crippen LogP contribution in [0.3, 0.4) is 0 Å². The van der Waals surface area contributed by atoms with E-state index in [2.05, 4.69) is 86.9 Å². The Kier molecular flexibility index (Phi) is 6.70.